The number of aliphatic carboxylic acids is 1. The van der Waals surface area contributed by atoms with Crippen molar-refractivity contribution in [2.75, 3.05) is 5.44 Å². The molecule has 1 amide bonds. The summed E-state index contributed by atoms with van der Waals surface area (Å²) in [6.45, 7) is 1.84. The molecule has 1 unspecified atom stereocenters. The van der Waals surface area contributed by atoms with Crippen molar-refractivity contribution in [3.63, 3.8) is 0 Å². The molecule has 0 aliphatic rings. The van der Waals surface area contributed by atoms with Gasteiger partial charge >= 0.3 is 111 Å². The molecule has 2 N–H and O–H groups in total. The van der Waals surface area contributed by atoms with Crippen molar-refractivity contribution in [3.8, 4) is 0 Å². The number of carbonyl (C=O) groups is 2. The van der Waals surface area contributed by atoms with Gasteiger partial charge in [0, 0.05) is 0 Å². The average molecular weight is 316 g/mol. The fourth-order valence-electron chi connectivity index (χ4n) is 1.07. The Morgan fingerprint density at radius 3 is 2.67 bits per heavy atom. The molecule has 0 saturated heterocycles. The van der Waals surface area contributed by atoms with Crippen LogP contribution >= 0.6 is 0 Å². The standard InChI is InChI=1S/C12H15NO4Se/c1-9(11(14)15)18-8-13-12(16)17-7-10-5-3-2-4-6-10/h2-6,9H,7-8H2,1H3,(H,13,16)(H,14,15). The molecule has 0 saturated carbocycles. The first-order chi connectivity index (χ1) is 8.59. The molecule has 0 fully saturated rings. The third kappa shape index (κ3) is 5.70. The van der Waals surface area contributed by atoms with Crippen molar-refractivity contribution in [1.29, 1.82) is 0 Å². The van der Waals surface area contributed by atoms with E-state index in [2.05, 4.69) is 5.32 Å². The molecule has 1 rings (SSSR count). The molecule has 0 aliphatic carbocycles. The van der Waals surface area contributed by atoms with Crippen molar-refractivity contribution in [2.45, 2.75) is 18.3 Å². The van der Waals surface area contributed by atoms with Crippen LogP contribution in [0.4, 0.5) is 4.79 Å². The van der Waals surface area contributed by atoms with Crippen molar-refractivity contribution >= 4 is 27.0 Å². The fourth-order valence-corrected chi connectivity index (χ4v) is 2.32. The van der Waals surface area contributed by atoms with Gasteiger partial charge in [-0.15, -0.1) is 0 Å². The minimum absolute atomic E-state index is 0.169. The molecule has 0 aromatic heterocycles. The molecule has 98 valence electrons. The first-order valence-corrected chi connectivity index (χ1v) is 7.58. The van der Waals surface area contributed by atoms with Gasteiger partial charge in [-0.2, -0.15) is 0 Å². The van der Waals surface area contributed by atoms with Gasteiger partial charge in [0.05, 0.1) is 0 Å². The number of nitrogens with one attached hydrogen (secondary N) is 1. The van der Waals surface area contributed by atoms with Crippen molar-refractivity contribution < 1.29 is 19.4 Å². The Balaban J connectivity index is 2.17. The van der Waals surface area contributed by atoms with E-state index < -0.39 is 16.9 Å². The molecular formula is C12H15NO4Se. The quantitative estimate of drug-likeness (QED) is 0.779. The van der Waals surface area contributed by atoms with Crippen LogP contribution in [-0.4, -0.2) is 37.6 Å². The van der Waals surface area contributed by atoms with Crippen molar-refractivity contribution in [1.82, 2.24) is 5.32 Å². The van der Waals surface area contributed by atoms with Gasteiger partial charge in [-0.25, -0.2) is 0 Å². The van der Waals surface area contributed by atoms with Crippen LogP contribution in [0.1, 0.15) is 12.5 Å². The second-order valence-electron chi connectivity index (χ2n) is 3.53. The van der Waals surface area contributed by atoms with E-state index >= 15 is 0 Å². The second kappa shape index (κ2) is 7.74. The predicted octanol–water partition coefficient (Wildman–Crippen LogP) is 1.47. The zero-order valence-electron chi connectivity index (χ0n) is 9.96. The molecule has 18 heavy (non-hydrogen) atoms. The summed E-state index contributed by atoms with van der Waals surface area (Å²) >= 11 is -0.169. The van der Waals surface area contributed by atoms with Crippen LogP contribution in [0.5, 0.6) is 0 Å². The van der Waals surface area contributed by atoms with Gasteiger partial charge in [-0.3, -0.25) is 0 Å². The Kier molecular flexibility index (Phi) is 6.25. The summed E-state index contributed by atoms with van der Waals surface area (Å²) in [5.74, 6) is -0.838. The summed E-state index contributed by atoms with van der Waals surface area (Å²) in [7, 11) is 0. The summed E-state index contributed by atoms with van der Waals surface area (Å²) in [4.78, 5) is 21.4. The molecule has 5 nitrogen and oxygen atoms in total. The van der Waals surface area contributed by atoms with Gasteiger partial charge in [-0.05, 0) is 0 Å². The average Bonchev–Trinajstić information content (AvgIpc) is 2.37. The van der Waals surface area contributed by atoms with Gasteiger partial charge in [-0.1, -0.05) is 0 Å². The predicted molar refractivity (Wildman–Crippen MR) is 67.4 cm³/mol. The van der Waals surface area contributed by atoms with E-state index in [4.69, 9.17) is 9.84 Å². The molecular weight excluding hydrogens is 301 g/mol. The monoisotopic (exact) mass is 317 g/mol. The molecule has 1 aromatic carbocycles. The molecule has 0 aliphatic heterocycles. The van der Waals surface area contributed by atoms with Gasteiger partial charge in [0.25, 0.3) is 0 Å². The van der Waals surface area contributed by atoms with Crippen LogP contribution in [0.25, 0.3) is 0 Å². The normalized spacial score (nSPS) is 11.6. The second-order valence-corrected chi connectivity index (χ2v) is 6.32. The first-order valence-electron chi connectivity index (χ1n) is 5.38. The molecule has 0 bridgehead atoms. The van der Waals surface area contributed by atoms with Gasteiger partial charge in [0.15, 0.2) is 0 Å². The zero-order valence-corrected chi connectivity index (χ0v) is 11.7. The molecule has 0 spiro atoms. The van der Waals surface area contributed by atoms with E-state index in [0.29, 0.717) is 5.44 Å². The Morgan fingerprint density at radius 2 is 2.06 bits per heavy atom. The summed E-state index contributed by atoms with van der Waals surface area (Å²) in [6, 6.07) is 9.36. The first kappa shape index (κ1) is 14.5. The van der Waals surface area contributed by atoms with Crippen molar-refractivity contribution in [2.24, 2.45) is 0 Å². The van der Waals surface area contributed by atoms with Gasteiger partial charge in [0.1, 0.15) is 0 Å². The number of hydrogen-bond acceptors (Lipinski definition) is 3. The van der Waals surface area contributed by atoms with Crippen LogP contribution < -0.4 is 5.32 Å². The van der Waals surface area contributed by atoms with Gasteiger partial charge in [0.2, 0.25) is 0 Å². The van der Waals surface area contributed by atoms with E-state index in [0.717, 1.165) is 5.56 Å². The molecule has 0 radical (unpaired) electrons. The number of amides is 1. The minimum atomic E-state index is -0.838. The molecule has 0 heterocycles. The van der Waals surface area contributed by atoms with E-state index in [1.165, 1.54) is 0 Å². The maximum absolute atomic E-state index is 11.3. The Hall–Kier alpha value is -1.52. The van der Waals surface area contributed by atoms with E-state index in [1.54, 1.807) is 6.92 Å². The number of carbonyl (C=O) groups excluding carboxylic acids is 1. The van der Waals surface area contributed by atoms with E-state index in [-0.39, 0.29) is 21.6 Å². The number of ether oxygens (including phenoxy) is 1. The van der Waals surface area contributed by atoms with Crippen LogP contribution in [0.15, 0.2) is 30.3 Å². The van der Waals surface area contributed by atoms with Crippen LogP contribution in [0.3, 0.4) is 0 Å². The number of carboxylic acids is 1. The summed E-state index contributed by atoms with van der Waals surface area (Å²) < 4.78 is 4.98. The van der Waals surface area contributed by atoms with Crippen molar-refractivity contribution in [3.05, 3.63) is 35.9 Å². The number of carboxylic acid groups (broad SMARTS) is 1. The summed E-state index contributed by atoms with van der Waals surface area (Å²) in [6.07, 6.45) is -0.515. The number of alkyl carbamates (subject to hydrolysis) is 1. The van der Waals surface area contributed by atoms with Crippen LogP contribution in [0.2, 0.25) is 4.82 Å². The van der Waals surface area contributed by atoms with E-state index in [9.17, 15) is 9.59 Å². The summed E-state index contributed by atoms with van der Waals surface area (Å²) in [5.41, 5.74) is 1.27. The maximum atomic E-state index is 11.3. The zero-order chi connectivity index (χ0) is 13.4. The third-order valence-corrected chi connectivity index (χ3v) is 4.23. The Labute approximate surface area is 112 Å². The topological polar surface area (TPSA) is 75.6 Å². The van der Waals surface area contributed by atoms with E-state index in [1.807, 2.05) is 30.3 Å². The molecule has 1 aromatic rings. The number of benzene rings is 1. The Morgan fingerprint density at radius 1 is 1.39 bits per heavy atom. The third-order valence-electron chi connectivity index (χ3n) is 2.11. The number of hydrogen-bond donors (Lipinski definition) is 2. The van der Waals surface area contributed by atoms with Crippen LogP contribution in [0, 0.1) is 0 Å². The molecule has 1 atom stereocenters. The summed E-state index contributed by atoms with van der Waals surface area (Å²) in [5, 5.41) is 11.2. The van der Waals surface area contributed by atoms with Gasteiger partial charge < -0.3 is 0 Å². The Bertz CT molecular complexity index is 396. The number of rotatable bonds is 6. The van der Waals surface area contributed by atoms with Crippen LogP contribution in [-0.2, 0) is 16.1 Å². The molecule has 6 heteroatoms. The fraction of sp³-hybridized carbons (Fsp3) is 0.333. The SMILES string of the molecule is CC([Se]CNC(=O)OCc1ccccc1)C(=O)O.